The predicted octanol–water partition coefficient (Wildman–Crippen LogP) is 2.57. The number of halogens is 2. The summed E-state index contributed by atoms with van der Waals surface area (Å²) in [6.07, 6.45) is 0.856. The smallest absolute Gasteiger partial charge is 0.253 e. The first-order valence-corrected chi connectivity index (χ1v) is 11.7. The number of hydrogen-bond acceptors (Lipinski definition) is 4. The second kappa shape index (κ2) is 9.76. The highest BCUT2D eigenvalue weighted by molar-refractivity contribution is 7.89. The topological polar surface area (TPSA) is 95.6 Å². The third-order valence-electron chi connectivity index (χ3n) is 5.09. The lowest BCUT2D eigenvalue weighted by Gasteiger charge is -2.33. The van der Waals surface area contributed by atoms with Crippen molar-refractivity contribution in [3.05, 3.63) is 64.9 Å². The molecule has 1 aliphatic heterocycles. The van der Waals surface area contributed by atoms with Crippen molar-refractivity contribution >= 4 is 33.4 Å². The predicted molar refractivity (Wildman–Crippen MR) is 115 cm³/mol. The number of carbonyl (C=O) groups is 2. The van der Waals surface area contributed by atoms with Crippen LogP contribution >= 0.6 is 11.6 Å². The molecule has 2 amide bonds. The van der Waals surface area contributed by atoms with Gasteiger partial charge in [0.25, 0.3) is 5.91 Å². The highest BCUT2D eigenvalue weighted by Gasteiger charge is 2.29. The van der Waals surface area contributed by atoms with Crippen LogP contribution in [0.25, 0.3) is 0 Å². The molecule has 1 saturated heterocycles. The minimum Gasteiger partial charge on any atom is -0.341 e. The van der Waals surface area contributed by atoms with Crippen molar-refractivity contribution in [3.8, 4) is 0 Å². The maximum atomic E-state index is 13.0. The number of sulfonamides is 1. The summed E-state index contributed by atoms with van der Waals surface area (Å²) in [4.78, 5) is 26.6. The molecule has 1 heterocycles. The average molecular weight is 468 g/mol. The van der Waals surface area contributed by atoms with E-state index in [2.05, 4.69) is 10.0 Å². The van der Waals surface area contributed by atoms with Crippen LogP contribution in [0.2, 0.25) is 5.02 Å². The Labute approximate surface area is 185 Å². The lowest BCUT2D eigenvalue weighted by Crippen LogP contribution is -2.52. The molecule has 1 atom stereocenters. The summed E-state index contributed by atoms with van der Waals surface area (Å²) < 4.78 is 40.5. The molecular formula is C21H23ClFN3O4S. The summed E-state index contributed by atoms with van der Waals surface area (Å²) in [5.41, 5.74) is 0.290. The van der Waals surface area contributed by atoms with Crippen molar-refractivity contribution in [1.82, 2.24) is 14.9 Å². The summed E-state index contributed by atoms with van der Waals surface area (Å²) in [5, 5.41) is 2.95. The third kappa shape index (κ3) is 5.81. The van der Waals surface area contributed by atoms with Crippen LogP contribution in [0.15, 0.2) is 53.4 Å². The van der Waals surface area contributed by atoms with Gasteiger partial charge in [0.15, 0.2) is 0 Å². The molecule has 2 aromatic carbocycles. The molecule has 1 fully saturated rings. The van der Waals surface area contributed by atoms with Gasteiger partial charge in [-0.3, -0.25) is 9.59 Å². The quantitative estimate of drug-likeness (QED) is 0.682. The van der Waals surface area contributed by atoms with Gasteiger partial charge < -0.3 is 10.2 Å². The molecule has 0 bridgehead atoms. The van der Waals surface area contributed by atoms with Crippen LogP contribution in [0.5, 0.6) is 0 Å². The molecule has 166 valence electrons. The second-order valence-electron chi connectivity index (χ2n) is 7.35. The molecule has 0 spiro atoms. The zero-order valence-corrected chi connectivity index (χ0v) is 18.4. The zero-order valence-electron chi connectivity index (χ0n) is 16.8. The van der Waals surface area contributed by atoms with Gasteiger partial charge in [-0.25, -0.2) is 17.5 Å². The Bertz CT molecular complexity index is 1050. The van der Waals surface area contributed by atoms with Crippen molar-refractivity contribution < 1.29 is 22.4 Å². The molecule has 7 nitrogen and oxygen atoms in total. The monoisotopic (exact) mass is 467 g/mol. The van der Waals surface area contributed by atoms with E-state index < -0.39 is 27.8 Å². The largest absolute Gasteiger partial charge is 0.341 e. The third-order valence-corrected chi connectivity index (χ3v) is 6.95. The van der Waals surface area contributed by atoms with E-state index in [4.69, 9.17) is 11.6 Å². The number of benzene rings is 2. The molecule has 1 unspecified atom stereocenters. The molecule has 2 N–H and O–H groups in total. The molecule has 3 rings (SSSR count). The van der Waals surface area contributed by atoms with Crippen molar-refractivity contribution in [3.63, 3.8) is 0 Å². The molecule has 31 heavy (non-hydrogen) atoms. The first kappa shape index (κ1) is 23.2. The Morgan fingerprint density at radius 1 is 1.10 bits per heavy atom. The summed E-state index contributed by atoms with van der Waals surface area (Å²) in [5.74, 6) is -1.20. The number of nitrogens with zero attached hydrogens (tertiary/aromatic N) is 1. The van der Waals surface area contributed by atoms with E-state index in [1.165, 1.54) is 12.1 Å². The normalized spacial score (nSPS) is 16.0. The van der Waals surface area contributed by atoms with Crippen LogP contribution < -0.4 is 10.0 Å². The summed E-state index contributed by atoms with van der Waals surface area (Å²) in [7, 11) is -3.77. The molecule has 2 aromatic rings. The minimum atomic E-state index is -3.77. The van der Waals surface area contributed by atoms with Gasteiger partial charge >= 0.3 is 0 Å². The van der Waals surface area contributed by atoms with Crippen LogP contribution in [-0.4, -0.2) is 50.3 Å². The van der Waals surface area contributed by atoms with E-state index in [0.29, 0.717) is 31.0 Å². The van der Waals surface area contributed by atoms with Gasteiger partial charge in [-0.15, -0.1) is 0 Å². The molecular weight excluding hydrogens is 445 g/mol. The first-order chi connectivity index (χ1) is 14.7. The van der Waals surface area contributed by atoms with Crippen molar-refractivity contribution in [2.24, 2.45) is 0 Å². The van der Waals surface area contributed by atoms with Crippen molar-refractivity contribution in [1.29, 1.82) is 0 Å². The van der Waals surface area contributed by atoms with Gasteiger partial charge in [0.1, 0.15) is 11.9 Å². The van der Waals surface area contributed by atoms with Crippen molar-refractivity contribution in [2.75, 3.05) is 13.1 Å². The highest BCUT2D eigenvalue weighted by Crippen LogP contribution is 2.17. The summed E-state index contributed by atoms with van der Waals surface area (Å²) in [6, 6.07) is 10.1. The number of rotatable bonds is 6. The lowest BCUT2D eigenvalue weighted by molar-refractivity contribution is -0.133. The average Bonchev–Trinajstić information content (AvgIpc) is 2.74. The number of hydrogen-bond donors (Lipinski definition) is 2. The fraction of sp³-hybridized carbons (Fsp3) is 0.333. The van der Waals surface area contributed by atoms with Gasteiger partial charge in [0.05, 0.1) is 15.5 Å². The molecule has 0 aliphatic carbocycles. The number of piperidine rings is 1. The molecule has 0 aromatic heterocycles. The Kier molecular flexibility index (Phi) is 7.30. The van der Waals surface area contributed by atoms with Gasteiger partial charge in [0, 0.05) is 19.1 Å². The fourth-order valence-corrected chi connectivity index (χ4v) is 4.90. The van der Waals surface area contributed by atoms with Crippen LogP contribution in [-0.2, 0) is 14.8 Å². The van der Waals surface area contributed by atoms with Gasteiger partial charge in [0.2, 0.25) is 15.9 Å². The Balaban J connectivity index is 1.53. The van der Waals surface area contributed by atoms with E-state index in [9.17, 15) is 22.4 Å². The van der Waals surface area contributed by atoms with Crippen LogP contribution in [0.1, 0.15) is 30.1 Å². The molecule has 10 heteroatoms. The number of nitrogens with one attached hydrogen (secondary N) is 2. The van der Waals surface area contributed by atoms with Crippen LogP contribution in [0, 0.1) is 5.82 Å². The SMILES string of the molecule is CC(NC(=O)c1ccccc1Cl)C(=O)N1CCC(NS(=O)(=O)c2ccc(F)cc2)CC1. The zero-order chi connectivity index (χ0) is 22.6. The van der Waals surface area contributed by atoms with Gasteiger partial charge in [-0.2, -0.15) is 0 Å². The van der Waals surface area contributed by atoms with E-state index in [1.54, 1.807) is 36.1 Å². The number of amides is 2. The molecule has 0 saturated carbocycles. The van der Waals surface area contributed by atoms with E-state index >= 15 is 0 Å². The number of likely N-dealkylation sites (tertiary alicyclic amines) is 1. The van der Waals surface area contributed by atoms with Crippen LogP contribution in [0.4, 0.5) is 4.39 Å². The van der Waals surface area contributed by atoms with Crippen molar-refractivity contribution in [2.45, 2.75) is 36.7 Å². The summed E-state index contributed by atoms with van der Waals surface area (Å²) in [6.45, 7) is 2.30. The Morgan fingerprint density at radius 2 is 1.71 bits per heavy atom. The highest BCUT2D eigenvalue weighted by atomic mass is 35.5. The molecule has 1 aliphatic rings. The van der Waals surface area contributed by atoms with E-state index in [1.807, 2.05) is 0 Å². The fourth-order valence-electron chi connectivity index (χ4n) is 3.37. The standard InChI is InChI=1S/C21H23ClFN3O4S/c1-14(24-20(27)18-4-2-3-5-19(18)22)21(28)26-12-10-16(11-13-26)25-31(29,30)17-8-6-15(23)7-9-17/h2-9,14,16,25H,10-13H2,1H3,(H,24,27). The van der Waals surface area contributed by atoms with E-state index in [0.717, 1.165) is 12.1 Å². The number of carbonyl (C=O) groups excluding carboxylic acids is 2. The first-order valence-electron chi connectivity index (χ1n) is 9.79. The Morgan fingerprint density at radius 3 is 2.32 bits per heavy atom. The van der Waals surface area contributed by atoms with E-state index in [-0.39, 0.29) is 22.4 Å². The van der Waals surface area contributed by atoms with Gasteiger partial charge in [-0.05, 0) is 56.2 Å². The second-order valence-corrected chi connectivity index (χ2v) is 9.47. The maximum Gasteiger partial charge on any atom is 0.253 e. The summed E-state index contributed by atoms with van der Waals surface area (Å²) >= 11 is 6.02. The lowest BCUT2D eigenvalue weighted by atomic mass is 10.1. The maximum absolute atomic E-state index is 13.0. The van der Waals surface area contributed by atoms with Crippen LogP contribution in [0.3, 0.4) is 0 Å². The minimum absolute atomic E-state index is 0.0108. The molecule has 0 radical (unpaired) electrons. The van der Waals surface area contributed by atoms with Gasteiger partial charge in [-0.1, -0.05) is 23.7 Å². The Hall–Kier alpha value is -2.49.